The lowest BCUT2D eigenvalue weighted by Crippen LogP contribution is -2.18. The minimum atomic E-state index is -0.460. The normalized spacial score (nSPS) is 13.0. The minimum Gasteiger partial charge on any atom is -0.365 e. The zero-order valence-corrected chi connectivity index (χ0v) is 14.2. The number of aryl methyl sites for hydroxylation is 1. The molecule has 1 aromatic carbocycles. The Bertz CT molecular complexity index is 737. The molecule has 0 unspecified atom stereocenters. The van der Waals surface area contributed by atoms with Gasteiger partial charge in [0.2, 0.25) is 5.91 Å². The number of hydrogen-bond acceptors (Lipinski definition) is 3. The van der Waals surface area contributed by atoms with Crippen LogP contribution in [-0.4, -0.2) is 11.8 Å². The van der Waals surface area contributed by atoms with Crippen molar-refractivity contribution in [2.45, 2.75) is 25.7 Å². The van der Waals surface area contributed by atoms with Gasteiger partial charge >= 0.3 is 0 Å². The monoisotopic (exact) mass is 378 g/mol. The molecule has 0 saturated heterocycles. The Kier molecular flexibility index (Phi) is 4.31. The summed E-state index contributed by atoms with van der Waals surface area (Å²) in [5.74, 6) is -0.594. The molecule has 0 fully saturated rings. The van der Waals surface area contributed by atoms with Gasteiger partial charge in [0.1, 0.15) is 5.00 Å². The predicted molar refractivity (Wildman–Crippen MR) is 91.3 cm³/mol. The molecule has 2 aromatic rings. The van der Waals surface area contributed by atoms with Crippen LogP contribution < -0.4 is 11.1 Å². The Labute approximate surface area is 140 Å². The Morgan fingerprint density at radius 1 is 1.23 bits per heavy atom. The number of rotatable bonds is 4. The van der Waals surface area contributed by atoms with Crippen molar-refractivity contribution in [3.05, 3.63) is 50.3 Å². The summed E-state index contributed by atoms with van der Waals surface area (Å²) >= 11 is 4.84. The second kappa shape index (κ2) is 6.22. The van der Waals surface area contributed by atoms with E-state index in [-0.39, 0.29) is 12.3 Å². The van der Waals surface area contributed by atoms with Gasteiger partial charge < -0.3 is 11.1 Å². The number of fused-ring (bicyclic) bond motifs is 1. The molecule has 6 heteroatoms. The maximum absolute atomic E-state index is 12.2. The van der Waals surface area contributed by atoms with Gasteiger partial charge in [-0.15, -0.1) is 11.3 Å². The van der Waals surface area contributed by atoms with E-state index in [2.05, 4.69) is 21.2 Å². The highest BCUT2D eigenvalue weighted by atomic mass is 79.9. The predicted octanol–water partition coefficient (Wildman–Crippen LogP) is 3.28. The van der Waals surface area contributed by atoms with E-state index < -0.39 is 5.91 Å². The summed E-state index contributed by atoms with van der Waals surface area (Å²) in [4.78, 5) is 25.1. The Morgan fingerprint density at radius 2 is 1.95 bits per heavy atom. The average Bonchev–Trinajstić information content (AvgIpc) is 3.01. The zero-order chi connectivity index (χ0) is 15.7. The summed E-state index contributed by atoms with van der Waals surface area (Å²) in [7, 11) is 0. The highest BCUT2D eigenvalue weighted by Crippen LogP contribution is 2.38. The molecule has 0 bridgehead atoms. The molecular formula is C16H15BrN2O2S. The van der Waals surface area contributed by atoms with E-state index in [1.54, 1.807) is 0 Å². The first-order chi connectivity index (χ1) is 10.5. The Hall–Kier alpha value is -1.66. The molecule has 0 spiro atoms. The van der Waals surface area contributed by atoms with Gasteiger partial charge in [0.05, 0.1) is 12.0 Å². The van der Waals surface area contributed by atoms with Crippen LogP contribution in [0.15, 0.2) is 28.7 Å². The standard InChI is InChI=1S/C16H15BrN2O2S/c17-10-6-4-9(5-7-10)8-13(20)19-16-14(15(18)21)11-2-1-3-12(11)22-16/h4-7H,1-3,8H2,(H2,18,21)(H,19,20). The molecule has 0 saturated carbocycles. The molecule has 1 heterocycles. The van der Waals surface area contributed by atoms with Crippen molar-refractivity contribution in [2.24, 2.45) is 5.73 Å². The minimum absolute atomic E-state index is 0.134. The molecule has 3 N–H and O–H groups in total. The lowest BCUT2D eigenvalue weighted by molar-refractivity contribution is -0.115. The SMILES string of the molecule is NC(=O)c1c(NC(=O)Cc2ccc(Br)cc2)sc2c1CCC2. The zero-order valence-electron chi connectivity index (χ0n) is 11.8. The number of nitrogens with one attached hydrogen (secondary N) is 1. The van der Waals surface area contributed by atoms with Crippen LogP contribution in [0.5, 0.6) is 0 Å². The van der Waals surface area contributed by atoms with E-state index in [1.807, 2.05) is 24.3 Å². The number of benzene rings is 1. The third-order valence-corrected chi connectivity index (χ3v) is 5.43. The quantitative estimate of drug-likeness (QED) is 0.856. The van der Waals surface area contributed by atoms with Crippen LogP contribution >= 0.6 is 27.3 Å². The second-order valence-electron chi connectivity index (χ2n) is 5.28. The van der Waals surface area contributed by atoms with E-state index in [0.717, 1.165) is 34.9 Å². The molecule has 3 rings (SSSR count). The van der Waals surface area contributed by atoms with Crippen LogP contribution in [-0.2, 0) is 24.1 Å². The summed E-state index contributed by atoms with van der Waals surface area (Å²) in [6.45, 7) is 0. The van der Waals surface area contributed by atoms with Crippen molar-refractivity contribution in [2.75, 3.05) is 5.32 Å². The number of carbonyl (C=O) groups excluding carboxylic acids is 2. The van der Waals surface area contributed by atoms with Crippen molar-refractivity contribution in [3.63, 3.8) is 0 Å². The van der Waals surface area contributed by atoms with Gasteiger partial charge in [-0.05, 0) is 42.5 Å². The smallest absolute Gasteiger partial charge is 0.251 e. The number of carbonyl (C=O) groups is 2. The first-order valence-electron chi connectivity index (χ1n) is 7.03. The fraction of sp³-hybridized carbons (Fsp3) is 0.250. The first-order valence-corrected chi connectivity index (χ1v) is 8.64. The number of primary amides is 1. The van der Waals surface area contributed by atoms with Gasteiger partial charge in [-0.2, -0.15) is 0 Å². The van der Waals surface area contributed by atoms with Crippen LogP contribution in [0.2, 0.25) is 0 Å². The van der Waals surface area contributed by atoms with Crippen molar-refractivity contribution >= 4 is 44.1 Å². The van der Waals surface area contributed by atoms with Gasteiger partial charge in [-0.1, -0.05) is 28.1 Å². The molecule has 0 radical (unpaired) electrons. The Morgan fingerprint density at radius 3 is 2.64 bits per heavy atom. The fourth-order valence-electron chi connectivity index (χ4n) is 2.71. The van der Waals surface area contributed by atoms with Gasteiger partial charge in [0, 0.05) is 9.35 Å². The topological polar surface area (TPSA) is 72.2 Å². The highest BCUT2D eigenvalue weighted by Gasteiger charge is 2.26. The fourth-order valence-corrected chi connectivity index (χ4v) is 4.29. The average molecular weight is 379 g/mol. The lowest BCUT2D eigenvalue weighted by Gasteiger charge is -2.06. The third kappa shape index (κ3) is 3.08. The molecule has 2 amide bonds. The van der Waals surface area contributed by atoms with Crippen molar-refractivity contribution in [3.8, 4) is 0 Å². The van der Waals surface area contributed by atoms with Crippen LogP contribution in [0.4, 0.5) is 5.00 Å². The van der Waals surface area contributed by atoms with Crippen molar-refractivity contribution < 1.29 is 9.59 Å². The van der Waals surface area contributed by atoms with Gasteiger partial charge in [0.25, 0.3) is 5.91 Å². The molecule has 0 aliphatic heterocycles. The largest absolute Gasteiger partial charge is 0.365 e. The molecule has 1 aliphatic rings. The number of amides is 2. The number of anilines is 1. The van der Waals surface area contributed by atoms with E-state index in [4.69, 9.17) is 5.73 Å². The summed E-state index contributed by atoms with van der Waals surface area (Å²) in [5.41, 5.74) is 7.94. The molecule has 4 nitrogen and oxygen atoms in total. The van der Waals surface area contributed by atoms with Crippen molar-refractivity contribution in [1.29, 1.82) is 0 Å². The summed E-state index contributed by atoms with van der Waals surface area (Å²) in [6, 6.07) is 7.59. The second-order valence-corrected chi connectivity index (χ2v) is 7.30. The number of thiophene rings is 1. The lowest BCUT2D eigenvalue weighted by atomic mass is 10.1. The highest BCUT2D eigenvalue weighted by molar-refractivity contribution is 9.10. The number of halogens is 1. The number of hydrogen-bond donors (Lipinski definition) is 2. The van der Waals surface area contributed by atoms with E-state index in [9.17, 15) is 9.59 Å². The molecule has 1 aliphatic carbocycles. The maximum atomic E-state index is 12.2. The van der Waals surface area contributed by atoms with E-state index in [1.165, 1.54) is 16.2 Å². The summed E-state index contributed by atoms with van der Waals surface area (Å²) in [6.07, 6.45) is 3.15. The molecular weight excluding hydrogens is 364 g/mol. The molecule has 0 atom stereocenters. The van der Waals surface area contributed by atoms with Crippen LogP contribution in [0.3, 0.4) is 0 Å². The Balaban J connectivity index is 1.77. The van der Waals surface area contributed by atoms with Gasteiger partial charge in [-0.3, -0.25) is 9.59 Å². The number of nitrogens with two attached hydrogens (primary N) is 1. The van der Waals surface area contributed by atoms with Crippen LogP contribution in [0.1, 0.15) is 32.8 Å². The molecule has 114 valence electrons. The van der Waals surface area contributed by atoms with Gasteiger partial charge in [0.15, 0.2) is 0 Å². The molecule has 1 aromatic heterocycles. The third-order valence-electron chi connectivity index (χ3n) is 3.70. The first kappa shape index (κ1) is 15.2. The summed E-state index contributed by atoms with van der Waals surface area (Å²) in [5, 5.41) is 3.45. The van der Waals surface area contributed by atoms with Gasteiger partial charge in [-0.25, -0.2) is 0 Å². The van der Waals surface area contributed by atoms with Crippen molar-refractivity contribution in [1.82, 2.24) is 0 Å². The maximum Gasteiger partial charge on any atom is 0.251 e. The van der Waals surface area contributed by atoms with E-state index >= 15 is 0 Å². The molecule has 22 heavy (non-hydrogen) atoms. The van der Waals surface area contributed by atoms with Crippen LogP contribution in [0, 0.1) is 0 Å². The van der Waals surface area contributed by atoms with E-state index in [0.29, 0.717) is 10.6 Å². The summed E-state index contributed by atoms with van der Waals surface area (Å²) < 4.78 is 0.974. The van der Waals surface area contributed by atoms with Crippen LogP contribution in [0.25, 0.3) is 0 Å².